The van der Waals surface area contributed by atoms with Gasteiger partial charge in [-0.1, -0.05) is 47.7 Å². The molecule has 0 bridgehead atoms. The lowest BCUT2D eigenvalue weighted by atomic mass is 10.1. The monoisotopic (exact) mass is 349 g/mol. The molecule has 0 fully saturated rings. The summed E-state index contributed by atoms with van der Waals surface area (Å²) >= 11 is 1.11. The van der Waals surface area contributed by atoms with Crippen LogP contribution >= 0.6 is 11.5 Å². The molecule has 7 heteroatoms. The molecule has 0 saturated heterocycles. The summed E-state index contributed by atoms with van der Waals surface area (Å²) in [5, 5.41) is 15.9. The Morgan fingerprint density at radius 1 is 1.38 bits per heavy atom. The Morgan fingerprint density at radius 3 is 2.79 bits per heavy atom. The summed E-state index contributed by atoms with van der Waals surface area (Å²) in [6.07, 6.45) is 1.34. The molecule has 130 valence electrons. The van der Waals surface area contributed by atoms with E-state index in [0.29, 0.717) is 11.4 Å². The molecular formula is C17H23N3O3S. The summed E-state index contributed by atoms with van der Waals surface area (Å²) in [5.74, 6) is -0.182. The zero-order valence-corrected chi connectivity index (χ0v) is 14.8. The van der Waals surface area contributed by atoms with E-state index in [1.807, 2.05) is 38.1 Å². The number of hydrogen-bond acceptors (Lipinski definition) is 6. The van der Waals surface area contributed by atoms with Crippen molar-refractivity contribution in [3.63, 3.8) is 0 Å². The van der Waals surface area contributed by atoms with E-state index in [-0.39, 0.29) is 25.2 Å². The molecule has 0 aliphatic rings. The fourth-order valence-electron chi connectivity index (χ4n) is 2.30. The Balaban J connectivity index is 2.02. The molecule has 0 aliphatic heterocycles. The zero-order chi connectivity index (χ0) is 17.4. The highest BCUT2D eigenvalue weighted by atomic mass is 32.1. The second-order valence-electron chi connectivity index (χ2n) is 5.50. The van der Waals surface area contributed by atoms with Crippen LogP contribution in [0.25, 0.3) is 0 Å². The minimum atomic E-state index is -0.308. The maximum absolute atomic E-state index is 12.4. The van der Waals surface area contributed by atoms with Crippen LogP contribution in [0.15, 0.2) is 24.3 Å². The number of aromatic nitrogens is 2. The van der Waals surface area contributed by atoms with Crippen LogP contribution in [0.2, 0.25) is 0 Å². The third-order valence-corrected chi connectivity index (χ3v) is 4.32. The molecule has 0 spiro atoms. The number of benzene rings is 1. The van der Waals surface area contributed by atoms with Crippen molar-refractivity contribution in [3.8, 4) is 0 Å². The lowest BCUT2D eigenvalue weighted by Gasteiger charge is -2.18. The molecule has 1 aromatic heterocycles. The third kappa shape index (κ3) is 5.09. The van der Waals surface area contributed by atoms with Crippen LogP contribution in [0.5, 0.6) is 0 Å². The van der Waals surface area contributed by atoms with E-state index < -0.39 is 0 Å². The predicted octanol–water partition coefficient (Wildman–Crippen LogP) is 2.28. The average Bonchev–Trinajstić information content (AvgIpc) is 3.04. The van der Waals surface area contributed by atoms with Gasteiger partial charge < -0.3 is 15.2 Å². The van der Waals surface area contributed by atoms with E-state index >= 15 is 0 Å². The van der Waals surface area contributed by atoms with Crippen LogP contribution in [0.4, 0.5) is 0 Å². The van der Waals surface area contributed by atoms with E-state index in [1.165, 1.54) is 0 Å². The van der Waals surface area contributed by atoms with E-state index in [1.54, 1.807) is 0 Å². The first kappa shape index (κ1) is 18.5. The molecule has 0 saturated carbocycles. The van der Waals surface area contributed by atoms with Gasteiger partial charge in [0.2, 0.25) is 0 Å². The van der Waals surface area contributed by atoms with E-state index in [0.717, 1.165) is 41.2 Å². The second-order valence-corrected chi connectivity index (χ2v) is 6.26. The SMILES string of the molecule is CCCc1nnsc1C(=O)NC[C@@H](OCCO)c1ccc(C)cc1. The Labute approximate surface area is 146 Å². The lowest BCUT2D eigenvalue weighted by molar-refractivity contribution is 0.0277. The Hall–Kier alpha value is -1.83. The largest absolute Gasteiger partial charge is 0.394 e. The number of amides is 1. The van der Waals surface area contributed by atoms with Crippen molar-refractivity contribution in [1.29, 1.82) is 0 Å². The van der Waals surface area contributed by atoms with E-state index in [2.05, 4.69) is 14.9 Å². The van der Waals surface area contributed by atoms with E-state index in [9.17, 15) is 4.79 Å². The molecule has 6 nitrogen and oxygen atoms in total. The van der Waals surface area contributed by atoms with Gasteiger partial charge in [0.25, 0.3) is 5.91 Å². The molecule has 1 amide bonds. The van der Waals surface area contributed by atoms with Crippen LogP contribution in [-0.2, 0) is 11.2 Å². The summed E-state index contributed by atoms with van der Waals surface area (Å²) in [7, 11) is 0. The van der Waals surface area contributed by atoms with Gasteiger partial charge in [-0.15, -0.1) is 5.10 Å². The normalized spacial score (nSPS) is 12.1. The third-order valence-electron chi connectivity index (χ3n) is 3.56. The van der Waals surface area contributed by atoms with Crippen molar-refractivity contribution in [3.05, 3.63) is 46.0 Å². The first-order valence-corrected chi connectivity index (χ1v) is 8.81. The quantitative estimate of drug-likeness (QED) is 0.725. The standard InChI is InChI=1S/C17H23N3O3S/c1-3-4-14-16(24-20-19-14)17(22)18-11-15(23-10-9-21)13-7-5-12(2)6-8-13/h5-8,15,21H,3-4,9-11H2,1-2H3,(H,18,22)/t15-/m1/s1. The van der Waals surface area contributed by atoms with Gasteiger partial charge in [0.05, 0.1) is 25.0 Å². The molecule has 2 N–H and O–H groups in total. The van der Waals surface area contributed by atoms with Gasteiger partial charge in [0.1, 0.15) is 4.88 Å². The van der Waals surface area contributed by atoms with Crippen LogP contribution in [-0.4, -0.2) is 40.4 Å². The van der Waals surface area contributed by atoms with Crippen molar-refractivity contribution < 1.29 is 14.6 Å². The maximum Gasteiger partial charge on any atom is 0.265 e. The summed E-state index contributed by atoms with van der Waals surface area (Å²) in [4.78, 5) is 12.9. The second kappa shape index (κ2) is 9.46. The highest BCUT2D eigenvalue weighted by Crippen LogP contribution is 2.18. The van der Waals surface area contributed by atoms with Gasteiger partial charge in [-0.25, -0.2) is 0 Å². The van der Waals surface area contributed by atoms with Gasteiger partial charge in [0, 0.05) is 6.54 Å². The highest BCUT2D eigenvalue weighted by molar-refractivity contribution is 7.08. The molecule has 0 aliphatic carbocycles. The van der Waals surface area contributed by atoms with Gasteiger partial charge >= 0.3 is 0 Å². The Kier molecular flexibility index (Phi) is 7.30. The number of aliphatic hydroxyl groups is 1. The summed E-state index contributed by atoms with van der Waals surface area (Å²) < 4.78 is 9.54. The van der Waals surface area contributed by atoms with Gasteiger partial charge in [0.15, 0.2) is 0 Å². The van der Waals surface area contributed by atoms with Gasteiger partial charge in [-0.05, 0) is 30.4 Å². The summed E-state index contributed by atoms with van der Waals surface area (Å²) in [6.45, 7) is 4.54. The Morgan fingerprint density at radius 2 is 2.12 bits per heavy atom. The zero-order valence-electron chi connectivity index (χ0n) is 14.0. The minimum Gasteiger partial charge on any atom is -0.394 e. The fourth-order valence-corrected chi connectivity index (χ4v) is 2.92. The lowest BCUT2D eigenvalue weighted by Crippen LogP contribution is -2.30. The van der Waals surface area contributed by atoms with Crippen LogP contribution in [0, 0.1) is 6.92 Å². The van der Waals surface area contributed by atoms with Crippen molar-refractivity contribution in [1.82, 2.24) is 14.9 Å². The number of nitrogens with zero attached hydrogens (tertiary/aromatic N) is 2. The number of hydrogen-bond donors (Lipinski definition) is 2. The molecule has 1 atom stereocenters. The molecule has 2 aromatic rings. The number of ether oxygens (including phenoxy) is 1. The highest BCUT2D eigenvalue weighted by Gasteiger charge is 2.18. The number of carbonyl (C=O) groups excluding carboxylic acids is 1. The molecule has 0 radical (unpaired) electrons. The van der Waals surface area contributed by atoms with Crippen molar-refractivity contribution in [2.24, 2.45) is 0 Å². The van der Waals surface area contributed by atoms with Gasteiger partial charge in [-0.2, -0.15) is 0 Å². The summed E-state index contributed by atoms with van der Waals surface area (Å²) in [6, 6.07) is 7.94. The number of nitrogens with one attached hydrogen (secondary N) is 1. The number of aryl methyl sites for hydroxylation is 2. The predicted molar refractivity (Wildman–Crippen MR) is 93.2 cm³/mol. The summed E-state index contributed by atoms with van der Waals surface area (Å²) in [5.41, 5.74) is 2.86. The van der Waals surface area contributed by atoms with Gasteiger partial charge in [-0.3, -0.25) is 4.79 Å². The number of rotatable bonds is 9. The fraction of sp³-hybridized carbons (Fsp3) is 0.471. The van der Waals surface area contributed by atoms with Crippen LogP contribution < -0.4 is 5.32 Å². The Bertz CT molecular complexity index is 643. The smallest absolute Gasteiger partial charge is 0.265 e. The topological polar surface area (TPSA) is 84.3 Å². The first-order valence-electron chi connectivity index (χ1n) is 8.04. The van der Waals surface area contributed by atoms with Crippen molar-refractivity contribution in [2.45, 2.75) is 32.8 Å². The van der Waals surface area contributed by atoms with Crippen molar-refractivity contribution >= 4 is 17.4 Å². The van der Waals surface area contributed by atoms with E-state index in [4.69, 9.17) is 9.84 Å². The minimum absolute atomic E-state index is 0.0598. The first-order chi connectivity index (χ1) is 11.7. The van der Waals surface area contributed by atoms with Crippen LogP contribution in [0.3, 0.4) is 0 Å². The molecule has 2 rings (SSSR count). The number of aliphatic hydroxyl groups excluding tert-OH is 1. The average molecular weight is 349 g/mol. The molecule has 1 aromatic carbocycles. The van der Waals surface area contributed by atoms with Crippen molar-refractivity contribution in [2.75, 3.05) is 19.8 Å². The molecule has 24 heavy (non-hydrogen) atoms. The maximum atomic E-state index is 12.4. The van der Waals surface area contributed by atoms with Crippen LogP contribution in [0.1, 0.15) is 45.9 Å². The molecular weight excluding hydrogens is 326 g/mol. The molecule has 1 heterocycles. The molecule has 0 unspecified atom stereocenters. The number of carbonyl (C=O) groups is 1.